The van der Waals surface area contributed by atoms with E-state index < -0.39 is 0 Å². The van der Waals surface area contributed by atoms with Gasteiger partial charge in [0.1, 0.15) is 5.75 Å². The molecule has 0 radical (unpaired) electrons. The van der Waals surface area contributed by atoms with Crippen LogP contribution in [0.2, 0.25) is 0 Å². The highest BCUT2D eigenvalue weighted by Crippen LogP contribution is 2.17. The Balaban J connectivity index is 2.65. The van der Waals surface area contributed by atoms with Crippen molar-refractivity contribution in [2.45, 2.75) is 26.7 Å². The second kappa shape index (κ2) is 5.71. The molecule has 0 saturated carbocycles. The van der Waals surface area contributed by atoms with Crippen LogP contribution < -0.4 is 10.5 Å². The third-order valence-electron chi connectivity index (χ3n) is 2.19. The molecular formula is C12H20N2O. The smallest absolute Gasteiger partial charge is 0.122 e. The van der Waals surface area contributed by atoms with Gasteiger partial charge >= 0.3 is 0 Å². The van der Waals surface area contributed by atoms with Crippen molar-refractivity contribution in [1.29, 1.82) is 0 Å². The number of nitrogens with zero attached hydrogens (tertiary/aromatic N) is 1. The number of pyridine rings is 1. The van der Waals surface area contributed by atoms with Crippen LogP contribution in [-0.2, 0) is 0 Å². The van der Waals surface area contributed by atoms with Gasteiger partial charge in [-0.2, -0.15) is 0 Å². The fraction of sp³-hybridized carbons (Fsp3) is 0.583. The van der Waals surface area contributed by atoms with Crippen LogP contribution in [0.5, 0.6) is 5.75 Å². The van der Waals surface area contributed by atoms with Gasteiger partial charge in [0.15, 0.2) is 0 Å². The van der Waals surface area contributed by atoms with Crippen molar-refractivity contribution in [3.63, 3.8) is 0 Å². The second-order valence-corrected chi connectivity index (χ2v) is 4.26. The molecule has 1 aromatic heterocycles. The van der Waals surface area contributed by atoms with Crippen molar-refractivity contribution in [2.75, 3.05) is 13.2 Å². The van der Waals surface area contributed by atoms with Crippen molar-refractivity contribution in [2.24, 2.45) is 11.7 Å². The molecule has 2 N–H and O–H groups in total. The molecule has 0 aliphatic heterocycles. The van der Waals surface area contributed by atoms with Gasteiger partial charge in [-0.1, -0.05) is 20.8 Å². The largest absolute Gasteiger partial charge is 0.493 e. The standard InChI is InChI=1S/C12H20N2O/c1-9(2)8-15-11-4-5-14-12(6-11)10(3)7-13/h4-6,9-10H,7-8,13H2,1-3H3. The summed E-state index contributed by atoms with van der Waals surface area (Å²) in [7, 11) is 0. The summed E-state index contributed by atoms with van der Waals surface area (Å²) in [6.07, 6.45) is 1.77. The SMILES string of the molecule is CC(C)COc1ccnc(C(C)CN)c1. The highest BCUT2D eigenvalue weighted by molar-refractivity contribution is 5.24. The first-order valence-electron chi connectivity index (χ1n) is 5.42. The highest BCUT2D eigenvalue weighted by atomic mass is 16.5. The Labute approximate surface area is 91.7 Å². The lowest BCUT2D eigenvalue weighted by Gasteiger charge is -2.11. The topological polar surface area (TPSA) is 48.1 Å². The minimum absolute atomic E-state index is 0.285. The van der Waals surface area contributed by atoms with Crippen LogP contribution >= 0.6 is 0 Å². The lowest BCUT2D eigenvalue weighted by molar-refractivity contribution is 0.270. The molecule has 1 unspecified atom stereocenters. The van der Waals surface area contributed by atoms with Crippen LogP contribution in [0.15, 0.2) is 18.3 Å². The summed E-state index contributed by atoms with van der Waals surface area (Å²) in [5, 5.41) is 0. The quantitative estimate of drug-likeness (QED) is 0.806. The molecule has 0 aliphatic carbocycles. The highest BCUT2D eigenvalue weighted by Gasteiger charge is 2.06. The van der Waals surface area contributed by atoms with E-state index in [2.05, 4.69) is 25.8 Å². The average molecular weight is 208 g/mol. The molecule has 1 rings (SSSR count). The summed E-state index contributed by atoms with van der Waals surface area (Å²) in [4.78, 5) is 4.28. The Morgan fingerprint density at radius 3 is 2.73 bits per heavy atom. The van der Waals surface area contributed by atoms with Gasteiger partial charge in [0.05, 0.1) is 6.61 Å². The fourth-order valence-corrected chi connectivity index (χ4v) is 1.17. The Morgan fingerprint density at radius 1 is 1.40 bits per heavy atom. The van der Waals surface area contributed by atoms with E-state index in [0.29, 0.717) is 12.5 Å². The van der Waals surface area contributed by atoms with Gasteiger partial charge in [-0.25, -0.2) is 0 Å². The summed E-state index contributed by atoms with van der Waals surface area (Å²) in [5.41, 5.74) is 6.59. The molecule has 0 aromatic carbocycles. The number of ether oxygens (including phenoxy) is 1. The van der Waals surface area contributed by atoms with Gasteiger partial charge in [-0.15, -0.1) is 0 Å². The monoisotopic (exact) mass is 208 g/mol. The van der Waals surface area contributed by atoms with E-state index in [0.717, 1.165) is 18.1 Å². The molecule has 3 nitrogen and oxygen atoms in total. The molecule has 0 amide bonds. The zero-order valence-electron chi connectivity index (χ0n) is 9.73. The lowest BCUT2D eigenvalue weighted by Crippen LogP contribution is -2.11. The number of hydrogen-bond acceptors (Lipinski definition) is 3. The normalized spacial score (nSPS) is 12.9. The van der Waals surface area contributed by atoms with Crippen LogP contribution in [0.25, 0.3) is 0 Å². The summed E-state index contributed by atoms with van der Waals surface area (Å²) in [5.74, 6) is 1.70. The summed E-state index contributed by atoms with van der Waals surface area (Å²) >= 11 is 0. The summed E-state index contributed by atoms with van der Waals surface area (Å²) < 4.78 is 5.62. The average Bonchev–Trinajstić information content (AvgIpc) is 2.25. The molecule has 0 fully saturated rings. The van der Waals surface area contributed by atoms with Crippen LogP contribution in [0, 0.1) is 5.92 Å². The zero-order chi connectivity index (χ0) is 11.3. The maximum atomic E-state index is 5.62. The van der Waals surface area contributed by atoms with Crippen LogP contribution in [0.1, 0.15) is 32.4 Å². The van der Waals surface area contributed by atoms with Gasteiger partial charge in [0.25, 0.3) is 0 Å². The van der Waals surface area contributed by atoms with E-state index in [1.165, 1.54) is 0 Å². The van der Waals surface area contributed by atoms with Crippen LogP contribution in [0.3, 0.4) is 0 Å². The van der Waals surface area contributed by atoms with E-state index in [9.17, 15) is 0 Å². The van der Waals surface area contributed by atoms with Crippen LogP contribution in [-0.4, -0.2) is 18.1 Å². The predicted molar refractivity (Wildman–Crippen MR) is 62.0 cm³/mol. The van der Waals surface area contributed by atoms with Gasteiger partial charge in [0.2, 0.25) is 0 Å². The minimum Gasteiger partial charge on any atom is -0.493 e. The first-order valence-corrected chi connectivity index (χ1v) is 5.42. The lowest BCUT2D eigenvalue weighted by atomic mass is 10.1. The molecule has 3 heteroatoms. The van der Waals surface area contributed by atoms with Crippen molar-refractivity contribution in [1.82, 2.24) is 4.98 Å². The molecule has 84 valence electrons. The first-order chi connectivity index (χ1) is 7.13. The molecule has 0 bridgehead atoms. The molecule has 0 saturated heterocycles. The molecular weight excluding hydrogens is 188 g/mol. The predicted octanol–water partition coefficient (Wildman–Crippen LogP) is 2.18. The van der Waals surface area contributed by atoms with E-state index in [1.807, 2.05) is 12.1 Å². The van der Waals surface area contributed by atoms with Crippen molar-refractivity contribution in [3.05, 3.63) is 24.0 Å². The summed E-state index contributed by atoms with van der Waals surface area (Å²) in [6, 6.07) is 3.86. The molecule has 0 aliphatic rings. The first kappa shape index (κ1) is 12.0. The Hall–Kier alpha value is -1.09. The minimum atomic E-state index is 0.285. The van der Waals surface area contributed by atoms with Gasteiger partial charge in [-0.3, -0.25) is 4.98 Å². The number of nitrogens with two attached hydrogens (primary N) is 1. The van der Waals surface area contributed by atoms with E-state index in [4.69, 9.17) is 10.5 Å². The van der Waals surface area contributed by atoms with Crippen LogP contribution in [0.4, 0.5) is 0 Å². The van der Waals surface area contributed by atoms with E-state index in [1.54, 1.807) is 6.20 Å². The zero-order valence-corrected chi connectivity index (χ0v) is 9.73. The third-order valence-corrected chi connectivity index (χ3v) is 2.19. The Morgan fingerprint density at radius 2 is 2.13 bits per heavy atom. The summed E-state index contributed by atoms with van der Waals surface area (Å²) in [6.45, 7) is 7.67. The van der Waals surface area contributed by atoms with Crippen molar-refractivity contribution in [3.8, 4) is 5.75 Å². The van der Waals surface area contributed by atoms with Gasteiger partial charge < -0.3 is 10.5 Å². The molecule has 0 spiro atoms. The maximum absolute atomic E-state index is 5.62. The Bertz CT molecular complexity index is 299. The number of hydrogen-bond donors (Lipinski definition) is 1. The van der Waals surface area contributed by atoms with Gasteiger partial charge in [-0.05, 0) is 12.0 Å². The molecule has 15 heavy (non-hydrogen) atoms. The van der Waals surface area contributed by atoms with E-state index >= 15 is 0 Å². The van der Waals surface area contributed by atoms with E-state index in [-0.39, 0.29) is 5.92 Å². The van der Waals surface area contributed by atoms with Gasteiger partial charge in [0, 0.05) is 30.4 Å². The molecule has 1 heterocycles. The fourth-order valence-electron chi connectivity index (χ4n) is 1.17. The Kier molecular flexibility index (Phi) is 4.56. The van der Waals surface area contributed by atoms with Crippen molar-refractivity contribution < 1.29 is 4.74 Å². The molecule has 1 aromatic rings. The molecule has 1 atom stereocenters. The number of rotatable bonds is 5. The number of aromatic nitrogens is 1. The third kappa shape index (κ3) is 3.88. The van der Waals surface area contributed by atoms with Crippen molar-refractivity contribution >= 4 is 0 Å². The second-order valence-electron chi connectivity index (χ2n) is 4.26. The maximum Gasteiger partial charge on any atom is 0.122 e.